The molecule has 2 aliphatic carbocycles. The number of primary sulfonamides is 1. The molecule has 4 rings (SSSR count). The number of aromatic nitrogens is 2. The molecule has 2 saturated carbocycles. The molecular weight excluding hydrogens is 304 g/mol. The van der Waals surface area contributed by atoms with Crippen molar-refractivity contribution in [2.45, 2.75) is 49.6 Å². The molecule has 8 heteroatoms. The van der Waals surface area contributed by atoms with Gasteiger partial charge in [-0.15, -0.1) is 0 Å². The zero-order valence-electron chi connectivity index (χ0n) is 12.3. The summed E-state index contributed by atoms with van der Waals surface area (Å²) in [6.07, 6.45) is 8.73. The molecule has 1 amide bonds. The van der Waals surface area contributed by atoms with Crippen molar-refractivity contribution >= 4 is 15.9 Å². The fraction of sp³-hybridized carbons (Fsp3) is 0.714. The van der Waals surface area contributed by atoms with Crippen molar-refractivity contribution in [1.29, 1.82) is 0 Å². The molecule has 22 heavy (non-hydrogen) atoms. The molecule has 3 fully saturated rings. The van der Waals surface area contributed by atoms with E-state index in [9.17, 15) is 13.2 Å². The summed E-state index contributed by atoms with van der Waals surface area (Å²) in [6, 6.07) is 0.405. The van der Waals surface area contributed by atoms with Crippen molar-refractivity contribution < 1.29 is 13.2 Å². The third kappa shape index (κ3) is 2.16. The van der Waals surface area contributed by atoms with Gasteiger partial charge in [-0.3, -0.25) is 9.48 Å². The summed E-state index contributed by atoms with van der Waals surface area (Å²) >= 11 is 0. The van der Waals surface area contributed by atoms with E-state index in [1.807, 2.05) is 4.90 Å². The first kappa shape index (κ1) is 14.2. The van der Waals surface area contributed by atoms with Gasteiger partial charge in [0.25, 0.3) is 0 Å². The van der Waals surface area contributed by atoms with Gasteiger partial charge in [0.15, 0.2) is 0 Å². The van der Waals surface area contributed by atoms with Gasteiger partial charge < -0.3 is 4.90 Å². The Bertz CT molecular complexity index is 718. The zero-order chi connectivity index (χ0) is 15.5. The first-order valence-corrected chi connectivity index (χ1v) is 9.28. The molecule has 1 saturated heterocycles. The van der Waals surface area contributed by atoms with E-state index in [0.29, 0.717) is 17.4 Å². The van der Waals surface area contributed by atoms with Crippen LogP contribution >= 0.6 is 0 Å². The van der Waals surface area contributed by atoms with E-state index in [4.69, 9.17) is 5.14 Å². The average Bonchev–Trinajstić information content (AvgIpc) is 3.01. The van der Waals surface area contributed by atoms with Crippen molar-refractivity contribution in [3.63, 3.8) is 0 Å². The van der Waals surface area contributed by atoms with Crippen molar-refractivity contribution in [2.75, 3.05) is 6.54 Å². The number of sulfonamides is 1. The largest absolute Gasteiger partial charge is 0.337 e. The molecule has 1 aromatic heterocycles. The van der Waals surface area contributed by atoms with Crippen LogP contribution in [0.5, 0.6) is 0 Å². The van der Waals surface area contributed by atoms with Crippen LogP contribution in [0.1, 0.15) is 32.1 Å². The van der Waals surface area contributed by atoms with Crippen LogP contribution in [0, 0.1) is 11.3 Å². The number of likely N-dealkylation sites (tertiary alicyclic amines) is 1. The van der Waals surface area contributed by atoms with Gasteiger partial charge in [0.05, 0.1) is 6.20 Å². The quantitative estimate of drug-likeness (QED) is 0.862. The van der Waals surface area contributed by atoms with Crippen LogP contribution in [-0.4, -0.2) is 41.6 Å². The van der Waals surface area contributed by atoms with Crippen LogP contribution in [0.4, 0.5) is 0 Å². The Labute approximate surface area is 129 Å². The third-order valence-electron chi connectivity index (χ3n) is 5.42. The highest BCUT2D eigenvalue weighted by Crippen LogP contribution is 2.59. The Kier molecular flexibility index (Phi) is 2.93. The smallest absolute Gasteiger partial charge is 0.244 e. The summed E-state index contributed by atoms with van der Waals surface area (Å²) in [7, 11) is -3.77. The highest BCUT2D eigenvalue weighted by Gasteiger charge is 2.61. The van der Waals surface area contributed by atoms with E-state index in [2.05, 4.69) is 5.10 Å². The van der Waals surface area contributed by atoms with Gasteiger partial charge in [-0.25, -0.2) is 13.6 Å². The molecule has 120 valence electrons. The monoisotopic (exact) mass is 324 g/mol. The summed E-state index contributed by atoms with van der Waals surface area (Å²) < 4.78 is 23.8. The number of carbonyl (C=O) groups is 1. The van der Waals surface area contributed by atoms with E-state index in [1.54, 1.807) is 0 Å². The van der Waals surface area contributed by atoms with E-state index >= 15 is 0 Å². The minimum absolute atomic E-state index is 0.0264. The lowest BCUT2D eigenvalue weighted by Gasteiger charge is -2.63. The number of nitrogens with two attached hydrogens (primary N) is 1. The Balaban J connectivity index is 1.45. The minimum atomic E-state index is -3.77. The Hall–Kier alpha value is -1.41. The summed E-state index contributed by atoms with van der Waals surface area (Å²) in [6.45, 7) is 0.936. The topological polar surface area (TPSA) is 98.3 Å². The lowest BCUT2D eigenvalue weighted by Crippen LogP contribution is -2.70. The number of hydrogen-bond acceptors (Lipinski definition) is 4. The first-order chi connectivity index (χ1) is 10.4. The van der Waals surface area contributed by atoms with E-state index in [0.717, 1.165) is 6.54 Å². The second-order valence-electron chi connectivity index (χ2n) is 6.94. The molecule has 1 unspecified atom stereocenters. The molecular formula is C14H20N4O3S. The van der Waals surface area contributed by atoms with Gasteiger partial charge in [-0.1, -0.05) is 6.42 Å². The highest BCUT2D eigenvalue weighted by atomic mass is 32.2. The van der Waals surface area contributed by atoms with Gasteiger partial charge in [-0.2, -0.15) is 5.10 Å². The van der Waals surface area contributed by atoms with Crippen molar-refractivity contribution in [3.8, 4) is 0 Å². The Morgan fingerprint density at radius 3 is 2.64 bits per heavy atom. The fourth-order valence-electron chi connectivity index (χ4n) is 4.05. The predicted octanol–water partition coefficient (Wildman–Crippen LogP) is 0.322. The van der Waals surface area contributed by atoms with Gasteiger partial charge >= 0.3 is 0 Å². The van der Waals surface area contributed by atoms with Crippen LogP contribution < -0.4 is 5.14 Å². The summed E-state index contributed by atoms with van der Waals surface area (Å²) in [5.74, 6) is 0.703. The Morgan fingerprint density at radius 2 is 2.14 bits per heavy atom. The molecule has 7 nitrogen and oxygen atoms in total. The van der Waals surface area contributed by atoms with E-state index in [-0.39, 0.29) is 17.3 Å². The predicted molar refractivity (Wildman–Crippen MR) is 78.1 cm³/mol. The van der Waals surface area contributed by atoms with Gasteiger partial charge in [0.2, 0.25) is 15.9 Å². The standard InChI is InChI=1S/C14H20N4O3S/c15-22(20,21)11-6-16-17(7-11)8-12(19)18-9-14(4-1-5-14)13(18)10-2-3-10/h6-7,10,13H,1-5,8-9H2,(H2,15,20,21). The van der Waals surface area contributed by atoms with Gasteiger partial charge in [-0.05, 0) is 31.6 Å². The number of amides is 1. The molecule has 2 heterocycles. The summed E-state index contributed by atoms with van der Waals surface area (Å²) in [5.41, 5.74) is 0.396. The molecule has 0 aromatic carbocycles. The van der Waals surface area contributed by atoms with Crippen molar-refractivity contribution in [2.24, 2.45) is 16.5 Å². The van der Waals surface area contributed by atoms with Crippen molar-refractivity contribution in [3.05, 3.63) is 12.4 Å². The molecule has 0 radical (unpaired) electrons. The van der Waals surface area contributed by atoms with Crippen LogP contribution in [-0.2, 0) is 21.4 Å². The molecule has 1 spiro atoms. The molecule has 1 atom stereocenters. The maximum atomic E-state index is 12.5. The number of hydrogen-bond donors (Lipinski definition) is 1. The molecule has 1 aromatic rings. The first-order valence-electron chi connectivity index (χ1n) is 7.74. The number of nitrogens with zero attached hydrogens (tertiary/aromatic N) is 3. The molecule has 0 bridgehead atoms. The van der Waals surface area contributed by atoms with Crippen LogP contribution in [0.15, 0.2) is 17.3 Å². The van der Waals surface area contributed by atoms with Crippen molar-refractivity contribution in [1.82, 2.24) is 14.7 Å². The second kappa shape index (κ2) is 4.55. The summed E-state index contributed by atoms with van der Waals surface area (Å²) in [5, 5.41) is 8.98. The highest BCUT2D eigenvalue weighted by molar-refractivity contribution is 7.89. The average molecular weight is 324 g/mol. The fourth-order valence-corrected chi connectivity index (χ4v) is 4.51. The Morgan fingerprint density at radius 1 is 1.41 bits per heavy atom. The number of carbonyl (C=O) groups excluding carboxylic acids is 1. The maximum absolute atomic E-state index is 12.5. The summed E-state index contributed by atoms with van der Waals surface area (Å²) in [4.78, 5) is 14.4. The minimum Gasteiger partial charge on any atom is -0.337 e. The van der Waals surface area contributed by atoms with Gasteiger partial charge in [0, 0.05) is 24.2 Å². The number of rotatable bonds is 4. The molecule has 2 N–H and O–H groups in total. The SMILES string of the molecule is NS(=O)(=O)c1cnn(CC(=O)N2CC3(CCC3)C2C2CC2)c1. The lowest BCUT2D eigenvalue weighted by molar-refractivity contribution is -0.171. The van der Waals surface area contributed by atoms with Crippen LogP contribution in [0.2, 0.25) is 0 Å². The molecule has 1 aliphatic heterocycles. The molecule has 3 aliphatic rings. The maximum Gasteiger partial charge on any atom is 0.244 e. The van der Waals surface area contributed by atoms with Gasteiger partial charge in [0.1, 0.15) is 11.4 Å². The second-order valence-corrected chi connectivity index (χ2v) is 8.50. The van der Waals surface area contributed by atoms with E-state index < -0.39 is 10.0 Å². The lowest BCUT2D eigenvalue weighted by atomic mass is 9.56. The van der Waals surface area contributed by atoms with E-state index in [1.165, 1.54) is 49.2 Å². The zero-order valence-corrected chi connectivity index (χ0v) is 13.1. The van der Waals surface area contributed by atoms with Crippen LogP contribution in [0.3, 0.4) is 0 Å². The normalized spacial score (nSPS) is 26.6. The van der Waals surface area contributed by atoms with Crippen LogP contribution in [0.25, 0.3) is 0 Å². The third-order valence-corrected chi connectivity index (χ3v) is 6.29.